The quantitative estimate of drug-likeness (QED) is 0.488. The van der Waals surface area contributed by atoms with Crippen molar-refractivity contribution in [1.82, 2.24) is 15.0 Å². The van der Waals surface area contributed by atoms with Crippen LogP contribution in [0.1, 0.15) is 0 Å². The highest BCUT2D eigenvalue weighted by atomic mass is 32.1. The van der Waals surface area contributed by atoms with Gasteiger partial charge in [-0.1, -0.05) is 17.8 Å². The predicted molar refractivity (Wildman–Crippen MR) is 26.9 cm³/mol. The van der Waals surface area contributed by atoms with E-state index in [0.29, 0.717) is 5.03 Å². The van der Waals surface area contributed by atoms with Crippen molar-refractivity contribution in [1.29, 1.82) is 0 Å². The Morgan fingerprint density at radius 1 is 1.86 bits per heavy atom. The number of aromatic nitrogens is 3. The van der Waals surface area contributed by atoms with Gasteiger partial charge in [-0.15, -0.1) is 5.10 Å². The molecule has 0 atom stereocenters. The normalized spacial score (nSPS) is 9.29. The molecule has 0 amide bonds. The lowest BCUT2D eigenvalue weighted by Crippen LogP contribution is -1.85. The first kappa shape index (κ1) is 4.52. The Labute approximate surface area is 46.7 Å². The van der Waals surface area contributed by atoms with E-state index in [-0.39, 0.29) is 0 Å². The molecular weight excluding hydrogens is 110 g/mol. The molecule has 1 aromatic rings. The van der Waals surface area contributed by atoms with Gasteiger partial charge in [0.25, 0.3) is 0 Å². The zero-order valence-corrected chi connectivity index (χ0v) is 4.64. The summed E-state index contributed by atoms with van der Waals surface area (Å²) in [4.78, 5) is 0. The average molecular weight is 114 g/mol. The summed E-state index contributed by atoms with van der Waals surface area (Å²) >= 11 is 4.64. The fraction of sp³-hybridized carbons (Fsp3) is 0.333. The van der Waals surface area contributed by atoms with Gasteiger partial charge in [0.2, 0.25) is 0 Å². The van der Waals surface area contributed by atoms with Gasteiger partial charge in [-0.3, -0.25) is 4.68 Å². The number of hydrogen-bond donors (Lipinski definition) is 0. The van der Waals surface area contributed by atoms with Crippen LogP contribution in [0.2, 0.25) is 0 Å². The van der Waals surface area contributed by atoms with Crippen LogP contribution in [0.15, 0.2) is 11.2 Å². The minimum Gasteiger partial charge on any atom is -0.254 e. The van der Waals surface area contributed by atoms with Crippen molar-refractivity contribution < 1.29 is 0 Å². The van der Waals surface area contributed by atoms with Crippen LogP contribution in [0.3, 0.4) is 0 Å². The van der Waals surface area contributed by atoms with E-state index < -0.39 is 0 Å². The molecular formula is C3H4N3S. The molecule has 0 spiro atoms. The molecule has 0 N–H and O–H groups in total. The molecule has 4 heteroatoms. The van der Waals surface area contributed by atoms with E-state index in [2.05, 4.69) is 22.9 Å². The van der Waals surface area contributed by atoms with Crippen molar-refractivity contribution in [2.24, 2.45) is 7.05 Å². The first-order valence-electron chi connectivity index (χ1n) is 1.82. The van der Waals surface area contributed by atoms with E-state index in [0.717, 1.165) is 0 Å². The third-order valence-electron chi connectivity index (χ3n) is 0.582. The summed E-state index contributed by atoms with van der Waals surface area (Å²) < 4.78 is 1.57. The summed E-state index contributed by atoms with van der Waals surface area (Å²) in [5.74, 6) is 0. The van der Waals surface area contributed by atoms with Crippen molar-refractivity contribution in [2.75, 3.05) is 0 Å². The fourth-order valence-electron chi connectivity index (χ4n) is 0.326. The highest BCUT2D eigenvalue weighted by molar-refractivity contribution is 7.80. The standard InChI is InChI=1S/C3H4N3S/c1-6-2-3(7)4-5-6/h2H,1H3. The molecule has 0 saturated carbocycles. The van der Waals surface area contributed by atoms with Gasteiger partial charge in [-0.25, -0.2) is 0 Å². The SMILES string of the molecule is Cn1cc([S])nn1. The molecule has 1 aromatic heterocycles. The molecule has 0 aliphatic rings. The van der Waals surface area contributed by atoms with E-state index in [4.69, 9.17) is 0 Å². The second kappa shape index (κ2) is 1.46. The molecule has 0 bridgehead atoms. The molecule has 1 heterocycles. The third-order valence-corrected chi connectivity index (χ3v) is 0.769. The van der Waals surface area contributed by atoms with Crippen molar-refractivity contribution in [3.05, 3.63) is 6.20 Å². The molecule has 0 aliphatic carbocycles. The molecule has 0 saturated heterocycles. The molecule has 3 nitrogen and oxygen atoms in total. The van der Waals surface area contributed by atoms with E-state index in [1.807, 2.05) is 0 Å². The number of rotatable bonds is 0. The minimum absolute atomic E-state index is 0.544. The molecule has 0 aliphatic heterocycles. The van der Waals surface area contributed by atoms with Crippen molar-refractivity contribution in [3.8, 4) is 0 Å². The lowest BCUT2D eigenvalue weighted by Gasteiger charge is -1.74. The van der Waals surface area contributed by atoms with E-state index >= 15 is 0 Å². The summed E-state index contributed by atoms with van der Waals surface area (Å²) in [5, 5.41) is 7.67. The minimum atomic E-state index is 0.544. The van der Waals surface area contributed by atoms with Crippen LogP contribution in [0.5, 0.6) is 0 Å². The van der Waals surface area contributed by atoms with Gasteiger partial charge in [0.1, 0.15) is 0 Å². The predicted octanol–water partition coefficient (Wildman–Crippen LogP) is 0.371. The second-order valence-electron chi connectivity index (χ2n) is 1.23. The van der Waals surface area contributed by atoms with Gasteiger partial charge < -0.3 is 0 Å². The lowest BCUT2D eigenvalue weighted by molar-refractivity contribution is 0.713. The largest absolute Gasteiger partial charge is 0.254 e. The van der Waals surface area contributed by atoms with Gasteiger partial charge in [-0.2, -0.15) is 0 Å². The average Bonchev–Trinajstić information content (AvgIpc) is 1.87. The number of nitrogens with zero attached hydrogens (tertiary/aromatic N) is 3. The molecule has 0 unspecified atom stereocenters. The zero-order valence-electron chi connectivity index (χ0n) is 3.83. The van der Waals surface area contributed by atoms with Crippen LogP contribution in [0.25, 0.3) is 0 Å². The van der Waals surface area contributed by atoms with Crippen LogP contribution in [-0.4, -0.2) is 15.0 Å². The number of aryl methyl sites for hydroxylation is 1. The molecule has 0 fully saturated rings. The van der Waals surface area contributed by atoms with Gasteiger partial charge in [0.05, 0.1) is 6.20 Å². The second-order valence-corrected chi connectivity index (χ2v) is 1.65. The van der Waals surface area contributed by atoms with E-state index in [1.165, 1.54) is 0 Å². The Morgan fingerprint density at radius 3 is 2.71 bits per heavy atom. The molecule has 1 radical (unpaired) electrons. The first-order chi connectivity index (χ1) is 3.29. The molecule has 37 valence electrons. The van der Waals surface area contributed by atoms with Crippen LogP contribution in [0, 0.1) is 0 Å². The first-order valence-corrected chi connectivity index (χ1v) is 2.23. The van der Waals surface area contributed by atoms with Gasteiger partial charge in [-0.05, 0) is 0 Å². The topological polar surface area (TPSA) is 30.7 Å². The van der Waals surface area contributed by atoms with Crippen molar-refractivity contribution in [2.45, 2.75) is 5.03 Å². The van der Waals surface area contributed by atoms with Crippen LogP contribution in [0.4, 0.5) is 0 Å². The number of hydrogen-bond acceptors (Lipinski definition) is 2. The van der Waals surface area contributed by atoms with Crippen LogP contribution < -0.4 is 0 Å². The van der Waals surface area contributed by atoms with Crippen LogP contribution in [-0.2, 0) is 7.05 Å². The summed E-state index contributed by atoms with van der Waals surface area (Å²) in [7, 11) is 1.78. The van der Waals surface area contributed by atoms with Crippen molar-refractivity contribution in [3.63, 3.8) is 0 Å². The van der Waals surface area contributed by atoms with Crippen LogP contribution >= 0.6 is 12.6 Å². The molecule has 7 heavy (non-hydrogen) atoms. The molecule has 1 rings (SSSR count). The fourth-order valence-corrected chi connectivity index (χ4v) is 0.515. The highest BCUT2D eigenvalue weighted by Gasteiger charge is 1.86. The van der Waals surface area contributed by atoms with Gasteiger partial charge >= 0.3 is 0 Å². The third kappa shape index (κ3) is 0.866. The highest BCUT2D eigenvalue weighted by Crippen LogP contribution is 1.93. The Hall–Kier alpha value is -0.640. The summed E-state index contributed by atoms with van der Waals surface area (Å²) in [6, 6.07) is 0. The smallest absolute Gasteiger partial charge is 0.168 e. The summed E-state index contributed by atoms with van der Waals surface area (Å²) in [5.41, 5.74) is 0. The molecule has 0 aromatic carbocycles. The monoisotopic (exact) mass is 114 g/mol. The Morgan fingerprint density at radius 2 is 2.57 bits per heavy atom. The Balaban J connectivity index is 3.04. The maximum Gasteiger partial charge on any atom is 0.168 e. The van der Waals surface area contributed by atoms with Gasteiger partial charge in [0.15, 0.2) is 5.03 Å². The Bertz CT molecular complexity index is 142. The summed E-state index contributed by atoms with van der Waals surface area (Å²) in [6.45, 7) is 0. The zero-order chi connectivity index (χ0) is 5.28. The lowest BCUT2D eigenvalue weighted by atomic mass is 10.9. The summed E-state index contributed by atoms with van der Waals surface area (Å²) in [6.07, 6.45) is 1.68. The van der Waals surface area contributed by atoms with E-state index in [9.17, 15) is 0 Å². The van der Waals surface area contributed by atoms with Gasteiger partial charge in [0, 0.05) is 7.05 Å². The van der Waals surface area contributed by atoms with E-state index in [1.54, 1.807) is 17.9 Å². The maximum absolute atomic E-state index is 4.64. The Kier molecular flexibility index (Phi) is 0.941. The maximum atomic E-state index is 4.64. The van der Waals surface area contributed by atoms with Crippen molar-refractivity contribution >= 4 is 12.6 Å².